The van der Waals surface area contributed by atoms with Crippen LogP contribution in [0.15, 0.2) is 48.8 Å². The van der Waals surface area contributed by atoms with E-state index < -0.39 is 11.6 Å². The maximum absolute atomic E-state index is 13.3. The predicted octanol–water partition coefficient (Wildman–Crippen LogP) is 4.48. The minimum atomic E-state index is -0.654. The Kier molecular flexibility index (Phi) is 7.94. The van der Waals surface area contributed by atoms with Crippen molar-refractivity contribution in [3.8, 4) is 5.75 Å². The number of carbonyl (C=O) groups is 2. The number of carbonyl (C=O) groups excluding carboxylic acids is 2. The molecule has 0 aliphatic heterocycles. The van der Waals surface area contributed by atoms with Crippen LogP contribution >= 0.6 is 0 Å². The van der Waals surface area contributed by atoms with Crippen LogP contribution in [0.3, 0.4) is 0 Å². The molecule has 0 saturated carbocycles. The maximum atomic E-state index is 13.3. The Morgan fingerprint density at radius 2 is 1.71 bits per heavy atom. The number of amides is 1. The topological polar surface area (TPSA) is 105 Å². The SMILES string of the molecule is CCc1c(C(=O)OC(C)(C)C)[nH]c(CNc2ccc(OC)cc2)c1C(=O)NCc1ccncc1. The third-order valence-electron chi connectivity index (χ3n) is 5.13. The van der Waals surface area contributed by atoms with Gasteiger partial charge in [0.1, 0.15) is 17.0 Å². The highest BCUT2D eigenvalue weighted by atomic mass is 16.6. The van der Waals surface area contributed by atoms with Gasteiger partial charge < -0.3 is 25.1 Å². The number of hydrogen-bond acceptors (Lipinski definition) is 6. The van der Waals surface area contributed by atoms with E-state index in [4.69, 9.17) is 9.47 Å². The molecule has 0 atom stereocenters. The van der Waals surface area contributed by atoms with Crippen molar-refractivity contribution >= 4 is 17.6 Å². The second kappa shape index (κ2) is 10.9. The van der Waals surface area contributed by atoms with Crippen LogP contribution in [0.25, 0.3) is 0 Å². The largest absolute Gasteiger partial charge is 0.497 e. The summed E-state index contributed by atoms with van der Waals surface area (Å²) in [6, 6.07) is 11.2. The predicted molar refractivity (Wildman–Crippen MR) is 131 cm³/mol. The van der Waals surface area contributed by atoms with Gasteiger partial charge in [0.2, 0.25) is 0 Å². The third-order valence-corrected chi connectivity index (χ3v) is 5.13. The molecule has 0 fully saturated rings. The molecule has 2 heterocycles. The quantitative estimate of drug-likeness (QED) is 0.403. The van der Waals surface area contributed by atoms with Gasteiger partial charge in [-0.2, -0.15) is 0 Å². The number of esters is 1. The van der Waals surface area contributed by atoms with E-state index in [0.717, 1.165) is 17.0 Å². The average Bonchev–Trinajstić information content (AvgIpc) is 3.20. The summed E-state index contributed by atoms with van der Waals surface area (Å²) in [6.45, 7) is 8.02. The van der Waals surface area contributed by atoms with Crippen LogP contribution in [0.1, 0.15) is 65.4 Å². The molecule has 1 aromatic carbocycles. The Labute approximate surface area is 200 Å². The molecular weight excluding hydrogens is 432 g/mol. The van der Waals surface area contributed by atoms with Crippen LogP contribution in [0.5, 0.6) is 5.75 Å². The van der Waals surface area contributed by atoms with Crippen LogP contribution in [0.2, 0.25) is 0 Å². The molecule has 3 aromatic rings. The van der Waals surface area contributed by atoms with Gasteiger partial charge in [-0.05, 0) is 74.7 Å². The van der Waals surface area contributed by atoms with Gasteiger partial charge in [-0.25, -0.2) is 4.79 Å². The molecule has 0 unspecified atom stereocenters. The third kappa shape index (κ3) is 6.37. The van der Waals surface area contributed by atoms with Crippen molar-refractivity contribution in [3.63, 3.8) is 0 Å². The van der Waals surface area contributed by atoms with Gasteiger partial charge in [-0.1, -0.05) is 6.92 Å². The molecule has 8 heteroatoms. The zero-order chi connectivity index (χ0) is 24.7. The highest BCUT2D eigenvalue weighted by molar-refractivity contribution is 6.01. The first-order valence-electron chi connectivity index (χ1n) is 11.2. The van der Waals surface area contributed by atoms with Crippen LogP contribution in [-0.4, -0.2) is 34.6 Å². The number of benzene rings is 1. The van der Waals surface area contributed by atoms with Crippen molar-refractivity contribution in [1.82, 2.24) is 15.3 Å². The highest BCUT2D eigenvalue weighted by Crippen LogP contribution is 2.25. The fraction of sp³-hybridized carbons (Fsp3) is 0.346. The first-order chi connectivity index (χ1) is 16.2. The van der Waals surface area contributed by atoms with Gasteiger partial charge >= 0.3 is 5.97 Å². The Morgan fingerprint density at radius 1 is 1.03 bits per heavy atom. The standard InChI is InChI=1S/C26H32N4O4/c1-6-20-22(24(31)29-15-17-11-13-27-14-12-17)21(30-23(20)25(32)34-26(2,3)4)16-28-18-7-9-19(33-5)10-8-18/h7-14,28,30H,6,15-16H2,1-5H3,(H,29,31). The molecule has 2 aromatic heterocycles. The van der Waals surface area contributed by atoms with E-state index in [2.05, 4.69) is 20.6 Å². The molecule has 0 aliphatic rings. The van der Waals surface area contributed by atoms with E-state index in [-0.39, 0.29) is 5.91 Å². The lowest BCUT2D eigenvalue weighted by atomic mass is 10.0. The second-order valence-electron chi connectivity index (χ2n) is 8.81. The molecule has 180 valence electrons. The number of H-pyrrole nitrogens is 1. The van der Waals surface area contributed by atoms with Crippen LogP contribution in [0.4, 0.5) is 5.69 Å². The monoisotopic (exact) mass is 464 g/mol. The number of hydrogen-bond donors (Lipinski definition) is 3. The summed E-state index contributed by atoms with van der Waals surface area (Å²) in [5.41, 5.74) is 3.14. The zero-order valence-electron chi connectivity index (χ0n) is 20.3. The molecule has 0 saturated heterocycles. The van der Waals surface area contributed by atoms with E-state index >= 15 is 0 Å². The van der Waals surface area contributed by atoms with Crippen molar-refractivity contribution in [1.29, 1.82) is 0 Å². The molecule has 0 aliphatic carbocycles. The molecule has 3 N–H and O–H groups in total. The van der Waals surface area contributed by atoms with Crippen LogP contribution in [-0.2, 0) is 24.2 Å². The number of nitrogens with one attached hydrogen (secondary N) is 3. The van der Waals surface area contributed by atoms with Crippen molar-refractivity contribution in [2.45, 2.75) is 52.8 Å². The highest BCUT2D eigenvalue weighted by Gasteiger charge is 2.28. The Hall–Kier alpha value is -3.81. The van der Waals surface area contributed by atoms with Crippen molar-refractivity contribution in [2.75, 3.05) is 12.4 Å². The van der Waals surface area contributed by atoms with Gasteiger partial charge in [-0.15, -0.1) is 0 Å². The summed E-state index contributed by atoms with van der Waals surface area (Å²) in [4.78, 5) is 33.4. The van der Waals surface area contributed by atoms with Gasteiger partial charge in [0, 0.05) is 30.3 Å². The molecule has 3 rings (SSSR count). The van der Waals surface area contributed by atoms with E-state index in [1.54, 1.807) is 19.5 Å². The number of nitrogens with zero attached hydrogens (tertiary/aromatic N) is 1. The minimum absolute atomic E-state index is 0.258. The molecule has 0 spiro atoms. The molecule has 0 radical (unpaired) electrons. The van der Waals surface area contributed by atoms with E-state index in [0.29, 0.717) is 42.0 Å². The first kappa shape index (κ1) is 24.8. The number of methoxy groups -OCH3 is 1. The fourth-order valence-electron chi connectivity index (χ4n) is 3.53. The van der Waals surface area contributed by atoms with Crippen molar-refractivity contribution in [3.05, 3.63) is 76.9 Å². The number of rotatable bonds is 9. The Bertz CT molecular complexity index is 1120. The number of pyridine rings is 1. The number of aromatic nitrogens is 2. The molecule has 0 bridgehead atoms. The fourth-order valence-corrected chi connectivity index (χ4v) is 3.53. The van der Waals surface area contributed by atoms with Gasteiger partial charge in [0.05, 0.1) is 19.2 Å². The first-order valence-corrected chi connectivity index (χ1v) is 11.2. The lowest BCUT2D eigenvalue weighted by Gasteiger charge is -2.19. The van der Waals surface area contributed by atoms with Crippen LogP contribution in [0, 0.1) is 0 Å². The van der Waals surface area contributed by atoms with E-state index in [1.807, 2.05) is 64.1 Å². The Morgan fingerprint density at radius 3 is 2.29 bits per heavy atom. The summed E-state index contributed by atoms with van der Waals surface area (Å²) in [6.07, 6.45) is 3.85. The van der Waals surface area contributed by atoms with Crippen molar-refractivity contribution < 1.29 is 19.1 Å². The summed E-state index contributed by atoms with van der Waals surface area (Å²) < 4.78 is 10.8. The van der Waals surface area contributed by atoms with Gasteiger partial charge in [0.25, 0.3) is 5.91 Å². The molecular formula is C26H32N4O4. The zero-order valence-corrected chi connectivity index (χ0v) is 20.3. The van der Waals surface area contributed by atoms with Gasteiger partial charge in [-0.3, -0.25) is 9.78 Å². The number of anilines is 1. The molecule has 8 nitrogen and oxygen atoms in total. The van der Waals surface area contributed by atoms with Crippen LogP contribution < -0.4 is 15.4 Å². The molecule has 34 heavy (non-hydrogen) atoms. The average molecular weight is 465 g/mol. The smallest absolute Gasteiger partial charge is 0.355 e. The lowest BCUT2D eigenvalue weighted by molar-refractivity contribution is 0.00622. The normalized spacial score (nSPS) is 11.1. The summed E-state index contributed by atoms with van der Waals surface area (Å²) in [5, 5.41) is 6.27. The Balaban J connectivity index is 1.90. The second-order valence-corrected chi connectivity index (χ2v) is 8.81. The summed E-state index contributed by atoms with van der Waals surface area (Å²) in [5.74, 6) is 0.0107. The van der Waals surface area contributed by atoms with E-state index in [1.165, 1.54) is 0 Å². The van der Waals surface area contributed by atoms with Crippen molar-refractivity contribution in [2.24, 2.45) is 0 Å². The summed E-state index contributed by atoms with van der Waals surface area (Å²) >= 11 is 0. The number of ether oxygens (including phenoxy) is 2. The number of aromatic amines is 1. The summed E-state index contributed by atoms with van der Waals surface area (Å²) in [7, 11) is 1.61. The molecule has 1 amide bonds. The van der Waals surface area contributed by atoms with Gasteiger partial charge in [0.15, 0.2) is 0 Å². The maximum Gasteiger partial charge on any atom is 0.355 e. The van der Waals surface area contributed by atoms with E-state index in [9.17, 15) is 9.59 Å². The lowest BCUT2D eigenvalue weighted by Crippen LogP contribution is -2.26. The minimum Gasteiger partial charge on any atom is -0.497 e.